The molecule has 1 amide bonds. The van der Waals surface area contributed by atoms with E-state index in [1.165, 1.54) is 6.42 Å². The fraction of sp³-hybridized carbons (Fsp3) is 0.917. The van der Waals surface area contributed by atoms with Crippen LogP contribution < -0.4 is 5.32 Å². The first kappa shape index (κ1) is 12.5. The Balaban J connectivity index is 2.49. The highest BCUT2D eigenvalue weighted by molar-refractivity contribution is 5.77. The summed E-state index contributed by atoms with van der Waals surface area (Å²) in [6.45, 7) is 6.35. The Kier molecular flexibility index (Phi) is 5.09. The second-order valence-electron chi connectivity index (χ2n) is 4.75. The van der Waals surface area contributed by atoms with Crippen LogP contribution in [0.4, 0.5) is 0 Å². The van der Waals surface area contributed by atoms with Gasteiger partial charge in [-0.25, -0.2) is 0 Å². The maximum absolute atomic E-state index is 11.8. The molecule has 0 aromatic rings. The van der Waals surface area contributed by atoms with Crippen molar-refractivity contribution >= 4 is 5.91 Å². The zero-order valence-electron chi connectivity index (χ0n) is 10.3. The molecule has 1 fully saturated rings. The van der Waals surface area contributed by atoms with Gasteiger partial charge in [0.1, 0.15) is 0 Å². The van der Waals surface area contributed by atoms with E-state index in [0.717, 1.165) is 32.4 Å². The molecule has 1 aliphatic rings. The van der Waals surface area contributed by atoms with Gasteiger partial charge in [0, 0.05) is 19.0 Å². The first-order valence-electron chi connectivity index (χ1n) is 6.11. The van der Waals surface area contributed by atoms with Gasteiger partial charge in [0.05, 0.1) is 0 Å². The summed E-state index contributed by atoms with van der Waals surface area (Å²) >= 11 is 0. The number of piperidine rings is 1. The van der Waals surface area contributed by atoms with Crippen molar-refractivity contribution in [3.8, 4) is 0 Å². The highest BCUT2D eigenvalue weighted by atomic mass is 16.2. The lowest BCUT2D eigenvalue weighted by molar-refractivity contribution is -0.137. The third-order valence-corrected chi connectivity index (χ3v) is 3.21. The lowest BCUT2D eigenvalue weighted by Gasteiger charge is -2.38. The van der Waals surface area contributed by atoms with E-state index in [9.17, 15) is 4.79 Å². The van der Waals surface area contributed by atoms with Gasteiger partial charge < -0.3 is 10.2 Å². The highest BCUT2D eigenvalue weighted by Crippen LogP contribution is 2.23. The lowest BCUT2D eigenvalue weighted by atomic mass is 9.92. The second kappa shape index (κ2) is 6.11. The number of hydrogen-bond donors (Lipinski definition) is 1. The quantitative estimate of drug-likeness (QED) is 0.703. The standard InChI is InChI=1S/C12H24N2O/c1-10(2)11-6-4-7-12(15)14(11)9-5-8-13-3/h10-11,13H,4-9H2,1-3H3. The number of nitrogens with one attached hydrogen (secondary N) is 1. The first-order chi connectivity index (χ1) is 7.16. The van der Waals surface area contributed by atoms with Crippen molar-refractivity contribution < 1.29 is 4.79 Å². The number of carbonyl (C=O) groups excluding carboxylic acids is 1. The van der Waals surface area contributed by atoms with Crippen LogP contribution in [-0.2, 0) is 4.79 Å². The molecular weight excluding hydrogens is 188 g/mol. The number of carbonyl (C=O) groups is 1. The van der Waals surface area contributed by atoms with Crippen molar-refractivity contribution in [3.05, 3.63) is 0 Å². The molecule has 1 unspecified atom stereocenters. The molecule has 0 saturated carbocycles. The zero-order valence-corrected chi connectivity index (χ0v) is 10.3. The van der Waals surface area contributed by atoms with Crippen LogP contribution in [0.1, 0.15) is 39.5 Å². The van der Waals surface area contributed by atoms with Gasteiger partial charge in [0.25, 0.3) is 0 Å². The maximum atomic E-state index is 11.8. The normalized spacial score (nSPS) is 22.5. The third-order valence-electron chi connectivity index (χ3n) is 3.21. The third kappa shape index (κ3) is 3.49. The van der Waals surface area contributed by atoms with E-state index in [1.807, 2.05) is 7.05 Å². The predicted octanol–water partition coefficient (Wildman–Crippen LogP) is 1.63. The van der Waals surface area contributed by atoms with E-state index in [-0.39, 0.29) is 0 Å². The molecule has 88 valence electrons. The molecule has 15 heavy (non-hydrogen) atoms. The van der Waals surface area contributed by atoms with Gasteiger partial charge in [-0.15, -0.1) is 0 Å². The van der Waals surface area contributed by atoms with Gasteiger partial charge in [-0.3, -0.25) is 4.79 Å². The number of nitrogens with zero attached hydrogens (tertiary/aromatic N) is 1. The molecule has 0 aliphatic carbocycles. The minimum Gasteiger partial charge on any atom is -0.339 e. The van der Waals surface area contributed by atoms with Gasteiger partial charge in [0.15, 0.2) is 0 Å². The minimum atomic E-state index is 0.357. The van der Waals surface area contributed by atoms with Crippen LogP contribution in [0.2, 0.25) is 0 Å². The van der Waals surface area contributed by atoms with Crippen LogP contribution in [0.5, 0.6) is 0 Å². The fourth-order valence-corrected chi connectivity index (χ4v) is 2.36. The maximum Gasteiger partial charge on any atom is 0.222 e. The minimum absolute atomic E-state index is 0.357. The molecule has 0 spiro atoms. The number of hydrogen-bond acceptors (Lipinski definition) is 2. The molecule has 0 bridgehead atoms. The SMILES string of the molecule is CNCCCN1C(=O)CCCC1C(C)C. The summed E-state index contributed by atoms with van der Waals surface area (Å²) in [5.74, 6) is 0.944. The second-order valence-corrected chi connectivity index (χ2v) is 4.75. The Hall–Kier alpha value is -0.570. The van der Waals surface area contributed by atoms with Gasteiger partial charge >= 0.3 is 0 Å². The van der Waals surface area contributed by atoms with Gasteiger partial charge in [0.2, 0.25) is 5.91 Å². The van der Waals surface area contributed by atoms with E-state index >= 15 is 0 Å². The van der Waals surface area contributed by atoms with Crippen molar-refractivity contribution in [2.75, 3.05) is 20.1 Å². The summed E-state index contributed by atoms with van der Waals surface area (Å²) in [7, 11) is 1.96. The molecule has 0 aromatic heterocycles. The first-order valence-corrected chi connectivity index (χ1v) is 6.11. The molecule has 3 heteroatoms. The van der Waals surface area contributed by atoms with Crippen molar-refractivity contribution in [2.45, 2.75) is 45.6 Å². The van der Waals surface area contributed by atoms with E-state index in [0.29, 0.717) is 17.9 Å². The Morgan fingerprint density at radius 1 is 1.53 bits per heavy atom. The molecule has 1 rings (SSSR count). The van der Waals surface area contributed by atoms with Crippen LogP contribution in [0.15, 0.2) is 0 Å². The van der Waals surface area contributed by atoms with Crippen LogP contribution in [0, 0.1) is 5.92 Å². The summed E-state index contributed by atoms with van der Waals surface area (Å²) in [5.41, 5.74) is 0. The van der Waals surface area contributed by atoms with Crippen molar-refractivity contribution in [2.24, 2.45) is 5.92 Å². The van der Waals surface area contributed by atoms with Gasteiger partial charge in [-0.05, 0) is 38.8 Å². The van der Waals surface area contributed by atoms with Crippen LogP contribution in [0.25, 0.3) is 0 Å². The Morgan fingerprint density at radius 2 is 2.27 bits per heavy atom. The zero-order chi connectivity index (χ0) is 11.3. The molecule has 0 radical (unpaired) electrons. The van der Waals surface area contributed by atoms with Crippen molar-refractivity contribution in [1.82, 2.24) is 10.2 Å². The van der Waals surface area contributed by atoms with Crippen molar-refractivity contribution in [3.63, 3.8) is 0 Å². The predicted molar refractivity (Wildman–Crippen MR) is 62.7 cm³/mol. The van der Waals surface area contributed by atoms with E-state index in [2.05, 4.69) is 24.1 Å². The molecule has 1 heterocycles. The van der Waals surface area contributed by atoms with E-state index < -0.39 is 0 Å². The lowest BCUT2D eigenvalue weighted by Crippen LogP contribution is -2.47. The van der Waals surface area contributed by atoms with Gasteiger partial charge in [-0.2, -0.15) is 0 Å². The molecule has 1 N–H and O–H groups in total. The topological polar surface area (TPSA) is 32.3 Å². The summed E-state index contributed by atoms with van der Waals surface area (Å²) in [5, 5.41) is 3.13. The van der Waals surface area contributed by atoms with E-state index in [4.69, 9.17) is 0 Å². The van der Waals surface area contributed by atoms with E-state index in [1.54, 1.807) is 0 Å². The summed E-state index contributed by atoms with van der Waals surface area (Å²) in [4.78, 5) is 13.9. The monoisotopic (exact) mass is 212 g/mol. The van der Waals surface area contributed by atoms with Crippen LogP contribution >= 0.6 is 0 Å². The molecule has 0 aromatic carbocycles. The summed E-state index contributed by atoms with van der Waals surface area (Å²) in [6.07, 6.45) is 4.07. The van der Waals surface area contributed by atoms with Crippen molar-refractivity contribution in [1.29, 1.82) is 0 Å². The Morgan fingerprint density at radius 3 is 2.87 bits per heavy atom. The Labute approximate surface area is 93.2 Å². The fourth-order valence-electron chi connectivity index (χ4n) is 2.36. The number of amides is 1. The average Bonchev–Trinajstić information content (AvgIpc) is 2.20. The smallest absolute Gasteiger partial charge is 0.222 e. The molecule has 1 saturated heterocycles. The van der Waals surface area contributed by atoms with Gasteiger partial charge in [-0.1, -0.05) is 13.8 Å². The largest absolute Gasteiger partial charge is 0.339 e. The number of rotatable bonds is 5. The molecule has 3 nitrogen and oxygen atoms in total. The molecule has 1 aliphatic heterocycles. The summed E-state index contributed by atoms with van der Waals surface area (Å²) in [6, 6.07) is 0.475. The average molecular weight is 212 g/mol. The molecule has 1 atom stereocenters. The Bertz CT molecular complexity index is 204. The van der Waals surface area contributed by atoms with Crippen LogP contribution in [0.3, 0.4) is 0 Å². The summed E-state index contributed by atoms with van der Waals surface area (Å²) < 4.78 is 0. The highest BCUT2D eigenvalue weighted by Gasteiger charge is 2.29. The van der Waals surface area contributed by atoms with Crippen LogP contribution in [-0.4, -0.2) is 37.0 Å². The molecular formula is C12H24N2O. The number of likely N-dealkylation sites (tertiary alicyclic amines) is 1.